The van der Waals surface area contributed by atoms with Crippen molar-refractivity contribution in [1.82, 2.24) is 29.7 Å². The molecule has 28 heavy (non-hydrogen) atoms. The third-order valence-corrected chi connectivity index (χ3v) is 4.81. The van der Waals surface area contributed by atoms with Crippen molar-refractivity contribution < 1.29 is 0 Å². The minimum atomic E-state index is 0.556. The largest absolute Gasteiger partial charge is 0.338 e. The highest BCUT2D eigenvalue weighted by Crippen LogP contribution is 2.30. The lowest BCUT2D eigenvalue weighted by Crippen LogP contribution is -2.03. The van der Waals surface area contributed by atoms with Crippen LogP contribution in [-0.2, 0) is 6.54 Å². The summed E-state index contributed by atoms with van der Waals surface area (Å²) in [5, 5.41) is 6.67. The fraction of sp³-hybridized carbons (Fsp3) is 0.182. The SMILES string of the molecule is CC(C)Cn1cc(-c2cnc3[nH]c4cnc(-c5cccnc5)cc4c3c2)cn1. The van der Waals surface area contributed by atoms with E-state index < -0.39 is 0 Å². The van der Waals surface area contributed by atoms with Gasteiger partial charge in [0.1, 0.15) is 5.65 Å². The molecule has 5 aromatic heterocycles. The van der Waals surface area contributed by atoms with Crippen LogP contribution in [-0.4, -0.2) is 29.7 Å². The molecule has 138 valence electrons. The molecule has 0 saturated carbocycles. The summed E-state index contributed by atoms with van der Waals surface area (Å²) in [5.41, 5.74) is 5.87. The summed E-state index contributed by atoms with van der Waals surface area (Å²) in [6.07, 6.45) is 11.3. The zero-order valence-corrected chi connectivity index (χ0v) is 15.8. The molecule has 5 aromatic rings. The van der Waals surface area contributed by atoms with Crippen LogP contribution >= 0.6 is 0 Å². The summed E-state index contributed by atoms with van der Waals surface area (Å²) >= 11 is 0. The van der Waals surface area contributed by atoms with Gasteiger partial charge in [-0.15, -0.1) is 0 Å². The van der Waals surface area contributed by atoms with E-state index in [4.69, 9.17) is 0 Å². The second-order valence-corrected chi connectivity index (χ2v) is 7.45. The lowest BCUT2D eigenvalue weighted by atomic mass is 10.1. The molecule has 0 saturated heterocycles. The third kappa shape index (κ3) is 2.93. The van der Waals surface area contributed by atoms with Gasteiger partial charge in [-0.2, -0.15) is 5.10 Å². The van der Waals surface area contributed by atoms with Crippen molar-refractivity contribution in [2.75, 3.05) is 0 Å². The zero-order chi connectivity index (χ0) is 19.1. The normalized spacial score (nSPS) is 11.7. The predicted molar refractivity (Wildman–Crippen MR) is 111 cm³/mol. The maximum Gasteiger partial charge on any atom is 0.138 e. The van der Waals surface area contributed by atoms with Crippen LogP contribution in [0.25, 0.3) is 44.3 Å². The van der Waals surface area contributed by atoms with Crippen molar-refractivity contribution >= 4 is 21.9 Å². The molecule has 0 spiro atoms. The van der Waals surface area contributed by atoms with Crippen LogP contribution in [0.15, 0.2) is 61.4 Å². The molecule has 0 fully saturated rings. The monoisotopic (exact) mass is 368 g/mol. The van der Waals surface area contributed by atoms with Gasteiger partial charge in [0.15, 0.2) is 0 Å². The van der Waals surface area contributed by atoms with E-state index in [0.29, 0.717) is 5.92 Å². The molecule has 0 radical (unpaired) electrons. The van der Waals surface area contributed by atoms with E-state index in [1.165, 1.54) is 0 Å². The van der Waals surface area contributed by atoms with Crippen LogP contribution in [0.1, 0.15) is 13.8 Å². The van der Waals surface area contributed by atoms with Gasteiger partial charge in [-0.25, -0.2) is 4.98 Å². The van der Waals surface area contributed by atoms with Crippen molar-refractivity contribution in [2.45, 2.75) is 20.4 Å². The van der Waals surface area contributed by atoms with E-state index in [2.05, 4.69) is 57.2 Å². The Bertz CT molecular complexity index is 1270. The highest BCUT2D eigenvalue weighted by Gasteiger charge is 2.11. The number of nitrogens with zero attached hydrogens (tertiary/aromatic N) is 5. The molecule has 0 aliphatic rings. The summed E-state index contributed by atoms with van der Waals surface area (Å²) in [6, 6.07) is 8.21. The van der Waals surface area contributed by atoms with Gasteiger partial charge >= 0.3 is 0 Å². The molecular weight excluding hydrogens is 348 g/mol. The number of nitrogens with one attached hydrogen (secondary N) is 1. The van der Waals surface area contributed by atoms with Gasteiger partial charge in [-0.3, -0.25) is 14.6 Å². The predicted octanol–water partition coefficient (Wildman–Crippen LogP) is 4.69. The number of H-pyrrole nitrogens is 1. The number of hydrogen-bond acceptors (Lipinski definition) is 4. The second-order valence-electron chi connectivity index (χ2n) is 7.45. The topological polar surface area (TPSA) is 72.3 Å². The van der Waals surface area contributed by atoms with Gasteiger partial charge in [-0.05, 0) is 30.2 Å². The molecule has 1 N–H and O–H groups in total. The number of aromatic amines is 1. The van der Waals surface area contributed by atoms with Gasteiger partial charge in [0.25, 0.3) is 0 Å². The molecule has 0 aliphatic carbocycles. The molecule has 6 heteroatoms. The van der Waals surface area contributed by atoms with Gasteiger partial charge in [-0.1, -0.05) is 13.8 Å². The summed E-state index contributed by atoms with van der Waals surface area (Å²) in [4.78, 5) is 16.8. The Morgan fingerprint density at radius 1 is 0.964 bits per heavy atom. The second kappa shape index (κ2) is 6.56. The van der Waals surface area contributed by atoms with Crippen molar-refractivity contribution in [1.29, 1.82) is 0 Å². The fourth-order valence-corrected chi connectivity index (χ4v) is 3.49. The Morgan fingerprint density at radius 2 is 1.89 bits per heavy atom. The van der Waals surface area contributed by atoms with Crippen molar-refractivity contribution in [2.24, 2.45) is 5.92 Å². The Kier molecular flexibility index (Phi) is 3.90. The first-order chi connectivity index (χ1) is 13.7. The van der Waals surface area contributed by atoms with Crippen LogP contribution in [0.5, 0.6) is 0 Å². The molecule has 0 aliphatic heterocycles. The first-order valence-electron chi connectivity index (χ1n) is 9.38. The molecule has 0 aromatic carbocycles. The summed E-state index contributed by atoms with van der Waals surface area (Å²) in [5.74, 6) is 0.556. The molecule has 5 rings (SSSR count). The standard InChI is InChI=1S/C22H20N6/c1-14(2)12-28-13-17(10-26-28)16-6-19-18-7-20(15-4-3-5-23-8-15)24-11-21(18)27-22(19)25-9-16/h3-11,13-14H,12H2,1-2H3,(H,25,27). The quantitative estimate of drug-likeness (QED) is 0.499. The summed E-state index contributed by atoms with van der Waals surface area (Å²) in [6.45, 7) is 5.28. The molecule has 6 nitrogen and oxygen atoms in total. The van der Waals surface area contributed by atoms with Crippen LogP contribution in [0, 0.1) is 5.92 Å². The van der Waals surface area contributed by atoms with Gasteiger partial charge in [0.2, 0.25) is 0 Å². The molecule has 0 amide bonds. The molecule has 0 unspecified atom stereocenters. The minimum absolute atomic E-state index is 0.556. The smallest absolute Gasteiger partial charge is 0.138 e. The van der Waals surface area contributed by atoms with E-state index in [0.717, 1.165) is 50.9 Å². The molecule has 0 atom stereocenters. The van der Waals surface area contributed by atoms with Crippen LogP contribution in [0.3, 0.4) is 0 Å². The van der Waals surface area contributed by atoms with Crippen molar-refractivity contribution in [3.63, 3.8) is 0 Å². The van der Waals surface area contributed by atoms with Gasteiger partial charge < -0.3 is 4.98 Å². The van der Waals surface area contributed by atoms with E-state index in [9.17, 15) is 0 Å². The van der Waals surface area contributed by atoms with Crippen molar-refractivity contribution in [3.8, 4) is 22.4 Å². The zero-order valence-electron chi connectivity index (χ0n) is 15.8. The summed E-state index contributed by atoms with van der Waals surface area (Å²) in [7, 11) is 0. The van der Waals surface area contributed by atoms with E-state index in [1.807, 2.05) is 41.6 Å². The number of rotatable bonds is 4. The highest BCUT2D eigenvalue weighted by molar-refractivity contribution is 6.07. The first-order valence-corrected chi connectivity index (χ1v) is 9.38. The highest BCUT2D eigenvalue weighted by atomic mass is 15.3. The van der Waals surface area contributed by atoms with Gasteiger partial charge in [0, 0.05) is 58.8 Å². The average Bonchev–Trinajstić information content (AvgIpc) is 3.31. The Hall–Kier alpha value is -3.54. The van der Waals surface area contributed by atoms with E-state index in [-0.39, 0.29) is 0 Å². The Balaban J connectivity index is 1.61. The lowest BCUT2D eigenvalue weighted by Gasteiger charge is -2.03. The first kappa shape index (κ1) is 16.6. The maximum atomic E-state index is 4.63. The van der Waals surface area contributed by atoms with Crippen LogP contribution in [0.2, 0.25) is 0 Å². The van der Waals surface area contributed by atoms with Gasteiger partial charge in [0.05, 0.1) is 23.6 Å². The van der Waals surface area contributed by atoms with Crippen LogP contribution < -0.4 is 0 Å². The number of hydrogen-bond donors (Lipinski definition) is 1. The fourth-order valence-electron chi connectivity index (χ4n) is 3.49. The van der Waals surface area contributed by atoms with E-state index >= 15 is 0 Å². The number of aromatic nitrogens is 6. The molecule has 0 bridgehead atoms. The maximum absolute atomic E-state index is 4.63. The summed E-state index contributed by atoms with van der Waals surface area (Å²) < 4.78 is 1.99. The van der Waals surface area contributed by atoms with Crippen LogP contribution in [0.4, 0.5) is 0 Å². The van der Waals surface area contributed by atoms with Crippen molar-refractivity contribution in [3.05, 3.63) is 61.4 Å². The minimum Gasteiger partial charge on any atom is -0.338 e. The number of pyridine rings is 3. The molecular formula is C22H20N6. The Labute approximate surface area is 162 Å². The Morgan fingerprint density at radius 3 is 2.71 bits per heavy atom. The van der Waals surface area contributed by atoms with E-state index in [1.54, 1.807) is 6.20 Å². The average molecular weight is 368 g/mol. The number of fused-ring (bicyclic) bond motifs is 3. The third-order valence-electron chi connectivity index (χ3n) is 4.81. The lowest BCUT2D eigenvalue weighted by molar-refractivity contribution is 0.483. The molecule has 5 heterocycles.